The van der Waals surface area contributed by atoms with Gasteiger partial charge in [-0.05, 0) is 64.5 Å². The summed E-state index contributed by atoms with van der Waals surface area (Å²) in [6.07, 6.45) is 4.97. The second kappa shape index (κ2) is 8.90. The third-order valence-corrected chi connectivity index (χ3v) is 6.37. The molecule has 0 saturated heterocycles. The molecule has 0 aliphatic heterocycles. The lowest BCUT2D eigenvalue weighted by Gasteiger charge is -2.15. The van der Waals surface area contributed by atoms with Crippen molar-refractivity contribution in [2.24, 2.45) is 0 Å². The van der Waals surface area contributed by atoms with E-state index < -0.39 is 0 Å². The average molecular weight is 404 g/mol. The molecule has 1 aliphatic carbocycles. The highest BCUT2D eigenvalue weighted by atomic mass is 32.1. The van der Waals surface area contributed by atoms with Crippen LogP contribution in [0.15, 0.2) is 6.07 Å². The van der Waals surface area contributed by atoms with Crippen molar-refractivity contribution in [2.45, 2.75) is 78.9 Å². The van der Waals surface area contributed by atoms with Crippen LogP contribution in [0, 0.1) is 13.8 Å². The van der Waals surface area contributed by atoms with Gasteiger partial charge in [-0.3, -0.25) is 9.48 Å². The molecule has 3 rings (SSSR count). The zero-order chi connectivity index (χ0) is 20.3. The summed E-state index contributed by atoms with van der Waals surface area (Å²) in [4.78, 5) is 26.6. The Bertz CT molecular complexity index is 869. The lowest BCUT2D eigenvalue weighted by Crippen LogP contribution is -2.19. The minimum absolute atomic E-state index is 0.108. The van der Waals surface area contributed by atoms with E-state index in [0.29, 0.717) is 23.5 Å². The fourth-order valence-corrected chi connectivity index (χ4v) is 4.79. The van der Waals surface area contributed by atoms with E-state index in [1.165, 1.54) is 16.2 Å². The molecule has 1 atom stereocenters. The van der Waals surface area contributed by atoms with E-state index in [1.807, 2.05) is 38.4 Å². The maximum absolute atomic E-state index is 12.8. The summed E-state index contributed by atoms with van der Waals surface area (Å²) in [6.45, 7) is 8.32. The van der Waals surface area contributed by atoms with Gasteiger partial charge in [0.05, 0.1) is 17.4 Å². The molecule has 152 valence electrons. The molecule has 2 aromatic rings. The minimum Gasteiger partial charge on any atom is -0.459 e. The fraction of sp³-hybridized carbons (Fsp3) is 0.571. The number of ether oxygens (including phenoxy) is 1. The molecule has 7 heteroatoms. The molecule has 1 aliphatic rings. The summed E-state index contributed by atoms with van der Waals surface area (Å²) in [5.41, 5.74) is 3.62. The number of carbonyl (C=O) groups excluding carboxylic acids is 2. The average Bonchev–Trinajstić information content (AvgIpc) is 3.18. The van der Waals surface area contributed by atoms with Crippen LogP contribution < -0.4 is 5.32 Å². The number of nitrogens with zero attached hydrogens (tertiary/aromatic N) is 2. The van der Waals surface area contributed by atoms with Crippen molar-refractivity contribution in [1.82, 2.24) is 9.78 Å². The van der Waals surface area contributed by atoms with Gasteiger partial charge in [-0.25, -0.2) is 4.79 Å². The highest BCUT2D eigenvalue weighted by Crippen LogP contribution is 2.38. The van der Waals surface area contributed by atoms with Crippen molar-refractivity contribution in [2.75, 3.05) is 5.32 Å². The van der Waals surface area contributed by atoms with E-state index in [9.17, 15) is 9.59 Å². The first-order valence-electron chi connectivity index (χ1n) is 10.1. The number of nitrogens with one attached hydrogen (secondary N) is 1. The SMILES string of the molecule is CCC(C)OC(=O)c1c(NC(=O)CCn2nc(C)cc2C)sc2c1CCCC2. The number of esters is 1. The number of rotatable bonds is 7. The molecule has 0 aromatic carbocycles. The fourth-order valence-electron chi connectivity index (χ4n) is 3.49. The lowest BCUT2D eigenvalue weighted by molar-refractivity contribution is -0.116. The summed E-state index contributed by atoms with van der Waals surface area (Å²) in [5.74, 6) is -0.425. The molecule has 0 spiro atoms. The third-order valence-electron chi connectivity index (χ3n) is 5.17. The van der Waals surface area contributed by atoms with Gasteiger partial charge in [0, 0.05) is 23.5 Å². The molecule has 6 nitrogen and oxygen atoms in total. The first-order chi connectivity index (χ1) is 13.4. The summed E-state index contributed by atoms with van der Waals surface area (Å²) >= 11 is 1.53. The van der Waals surface area contributed by atoms with E-state index in [-0.39, 0.29) is 18.0 Å². The number of fused-ring (bicyclic) bond motifs is 1. The standard InChI is InChI=1S/C21H29N3O3S/c1-5-15(4)27-21(26)19-16-8-6-7-9-17(16)28-20(19)22-18(25)10-11-24-14(3)12-13(2)23-24/h12,15H,5-11H2,1-4H3,(H,22,25). The third kappa shape index (κ3) is 4.63. The summed E-state index contributed by atoms with van der Waals surface area (Å²) < 4.78 is 7.42. The molecular weight excluding hydrogens is 374 g/mol. The number of carbonyl (C=O) groups is 2. The number of aromatic nitrogens is 2. The molecule has 1 N–H and O–H groups in total. The van der Waals surface area contributed by atoms with Crippen molar-refractivity contribution in [1.29, 1.82) is 0 Å². The predicted octanol–water partition coefficient (Wildman–Crippen LogP) is 4.42. The van der Waals surface area contributed by atoms with Crippen molar-refractivity contribution < 1.29 is 14.3 Å². The molecule has 0 radical (unpaired) electrons. The maximum atomic E-state index is 12.8. The molecule has 2 heterocycles. The van der Waals surface area contributed by atoms with Crippen LogP contribution >= 0.6 is 11.3 Å². The Morgan fingerprint density at radius 3 is 2.75 bits per heavy atom. The molecule has 28 heavy (non-hydrogen) atoms. The van der Waals surface area contributed by atoms with Crippen LogP contribution in [-0.4, -0.2) is 27.8 Å². The number of hydrogen-bond acceptors (Lipinski definition) is 5. The van der Waals surface area contributed by atoms with Gasteiger partial charge < -0.3 is 10.1 Å². The summed E-state index contributed by atoms with van der Waals surface area (Å²) in [7, 11) is 0. The first kappa shape index (κ1) is 20.6. The van der Waals surface area contributed by atoms with Crippen LogP contribution in [0.2, 0.25) is 0 Å². The van der Waals surface area contributed by atoms with E-state index in [4.69, 9.17) is 4.74 Å². The van der Waals surface area contributed by atoms with Crippen molar-refractivity contribution in [3.63, 3.8) is 0 Å². The summed E-state index contributed by atoms with van der Waals surface area (Å²) in [6, 6.07) is 1.99. The predicted molar refractivity (Wildman–Crippen MR) is 111 cm³/mol. The zero-order valence-electron chi connectivity index (χ0n) is 17.1. The first-order valence-corrected chi connectivity index (χ1v) is 10.9. The number of aryl methyl sites for hydroxylation is 4. The number of amides is 1. The van der Waals surface area contributed by atoms with Crippen LogP contribution in [-0.2, 0) is 28.9 Å². The largest absolute Gasteiger partial charge is 0.459 e. The van der Waals surface area contributed by atoms with Crippen LogP contribution in [0.5, 0.6) is 0 Å². The Hall–Kier alpha value is -2.15. The van der Waals surface area contributed by atoms with Crippen molar-refractivity contribution in [3.05, 3.63) is 33.5 Å². The Balaban J connectivity index is 1.75. The number of thiophene rings is 1. The number of hydrogen-bond donors (Lipinski definition) is 1. The van der Waals surface area contributed by atoms with E-state index in [2.05, 4.69) is 10.4 Å². The molecule has 2 aromatic heterocycles. The molecule has 0 fully saturated rings. The van der Waals surface area contributed by atoms with E-state index >= 15 is 0 Å². The van der Waals surface area contributed by atoms with Gasteiger partial charge >= 0.3 is 5.97 Å². The van der Waals surface area contributed by atoms with Crippen LogP contribution in [0.4, 0.5) is 5.00 Å². The van der Waals surface area contributed by atoms with Gasteiger partial charge in [-0.1, -0.05) is 6.92 Å². The molecule has 1 unspecified atom stereocenters. The highest BCUT2D eigenvalue weighted by Gasteiger charge is 2.28. The van der Waals surface area contributed by atoms with Gasteiger partial charge in [0.15, 0.2) is 0 Å². The Morgan fingerprint density at radius 1 is 1.32 bits per heavy atom. The second-order valence-electron chi connectivity index (χ2n) is 7.49. The Morgan fingerprint density at radius 2 is 2.07 bits per heavy atom. The van der Waals surface area contributed by atoms with Crippen LogP contribution in [0.1, 0.15) is 71.7 Å². The topological polar surface area (TPSA) is 73.2 Å². The van der Waals surface area contributed by atoms with Gasteiger partial charge in [0.1, 0.15) is 5.00 Å². The van der Waals surface area contributed by atoms with Gasteiger partial charge in [0.2, 0.25) is 5.91 Å². The Labute approximate surface area is 170 Å². The van der Waals surface area contributed by atoms with Crippen LogP contribution in [0.25, 0.3) is 0 Å². The van der Waals surface area contributed by atoms with Gasteiger partial charge in [0.25, 0.3) is 0 Å². The number of anilines is 1. The molecule has 0 bridgehead atoms. The molecular formula is C21H29N3O3S. The molecule has 1 amide bonds. The smallest absolute Gasteiger partial charge is 0.341 e. The highest BCUT2D eigenvalue weighted by molar-refractivity contribution is 7.17. The van der Waals surface area contributed by atoms with E-state index in [0.717, 1.165) is 49.1 Å². The Kier molecular flexibility index (Phi) is 6.54. The normalized spacial score (nSPS) is 14.4. The quantitative estimate of drug-likeness (QED) is 0.695. The van der Waals surface area contributed by atoms with Crippen LogP contribution in [0.3, 0.4) is 0 Å². The minimum atomic E-state index is -0.317. The maximum Gasteiger partial charge on any atom is 0.341 e. The summed E-state index contributed by atoms with van der Waals surface area (Å²) in [5, 5.41) is 8.01. The second-order valence-corrected chi connectivity index (χ2v) is 8.59. The van der Waals surface area contributed by atoms with Gasteiger partial charge in [-0.15, -0.1) is 11.3 Å². The van der Waals surface area contributed by atoms with Crippen molar-refractivity contribution >= 4 is 28.2 Å². The zero-order valence-corrected chi connectivity index (χ0v) is 17.9. The van der Waals surface area contributed by atoms with E-state index in [1.54, 1.807) is 0 Å². The monoisotopic (exact) mass is 403 g/mol. The lowest BCUT2D eigenvalue weighted by atomic mass is 9.95. The van der Waals surface area contributed by atoms with Gasteiger partial charge in [-0.2, -0.15) is 5.10 Å². The van der Waals surface area contributed by atoms with Crippen molar-refractivity contribution in [3.8, 4) is 0 Å². The molecule has 0 saturated carbocycles.